The van der Waals surface area contributed by atoms with Crippen molar-refractivity contribution >= 4 is 118 Å². The smallest absolute Gasteiger partial charge is 1.00 e. The minimum absolute atomic E-state index is 0. The second kappa shape index (κ2) is 52.6. The fourth-order valence-corrected chi connectivity index (χ4v) is 7.71. The Labute approximate surface area is 619 Å². The molecule has 0 aliphatic carbocycles. The van der Waals surface area contributed by atoms with Crippen molar-refractivity contribution in [3.05, 3.63) is 125 Å². The number of hydrogen-bond donors (Lipinski definition) is 3. The summed E-state index contributed by atoms with van der Waals surface area (Å²) in [6, 6.07) is 20.9. The van der Waals surface area contributed by atoms with Gasteiger partial charge in [-0.05, 0) is 149 Å². The zero-order valence-electron chi connectivity index (χ0n) is 46.1. The fourth-order valence-electron chi connectivity index (χ4n) is 6.79. The van der Waals surface area contributed by atoms with Gasteiger partial charge in [0.25, 0.3) is 23.5 Å². The van der Waals surface area contributed by atoms with E-state index in [0.717, 1.165) is 102 Å². The average molecular weight is 1520 g/mol. The van der Waals surface area contributed by atoms with Gasteiger partial charge in [0.05, 0.1) is 20.8 Å². The maximum absolute atomic E-state index is 11.8. The molecule has 2 heterocycles. The van der Waals surface area contributed by atoms with Gasteiger partial charge < -0.3 is 38.2 Å². The quantitative estimate of drug-likeness (QED) is 0.0158. The molecule has 6 rings (SSSR count). The number of aryl methyl sites for hydroxylation is 4. The number of carbonyl (C=O) groups is 5. The number of benzene rings is 4. The number of nitrogens with zero attached hydrogens (tertiary/aromatic N) is 6. The number of halogens is 3. The number of nitro benzene ring substituents is 3. The number of nitrogen functional groups attached to an aromatic ring is 2. The van der Waals surface area contributed by atoms with Crippen molar-refractivity contribution in [1.82, 2.24) is 0 Å². The third-order valence-electron chi connectivity index (χ3n) is 10.6. The predicted octanol–water partition coefficient (Wildman–Crippen LogP) is 6.96. The number of non-ortho nitro benzene ring substituents is 3. The van der Waals surface area contributed by atoms with Gasteiger partial charge in [0.1, 0.15) is 0 Å². The van der Waals surface area contributed by atoms with Gasteiger partial charge in [-0.15, -0.1) is 0 Å². The molecule has 0 saturated carbocycles. The van der Waals surface area contributed by atoms with Crippen LogP contribution in [0, 0.1) is 69.4 Å². The van der Waals surface area contributed by atoms with Crippen molar-refractivity contribution in [1.29, 1.82) is 5.26 Å². The van der Waals surface area contributed by atoms with E-state index in [-0.39, 0.29) is 209 Å². The summed E-state index contributed by atoms with van der Waals surface area (Å²) in [5.41, 5.74) is 18.4. The van der Waals surface area contributed by atoms with Crippen LogP contribution in [0.5, 0.6) is 0 Å². The number of nitro groups is 3. The summed E-state index contributed by atoms with van der Waals surface area (Å²) in [5, 5.41) is 51.6. The number of anilines is 5. The first-order valence-corrected chi connectivity index (χ1v) is 26.3. The van der Waals surface area contributed by atoms with E-state index in [2.05, 4.69) is 42.1 Å². The molecule has 3 amide bonds. The summed E-state index contributed by atoms with van der Waals surface area (Å²) in [5.74, 6) is 0.273. The van der Waals surface area contributed by atoms with Gasteiger partial charge in [-0.1, -0.05) is 54.1 Å². The van der Waals surface area contributed by atoms with E-state index in [4.69, 9.17) is 38.4 Å². The van der Waals surface area contributed by atoms with Crippen molar-refractivity contribution in [2.24, 2.45) is 0 Å². The van der Waals surface area contributed by atoms with Crippen molar-refractivity contribution in [2.75, 3.05) is 50.3 Å². The zero-order valence-corrected chi connectivity index (χ0v) is 61.6. The summed E-state index contributed by atoms with van der Waals surface area (Å²) >= 11 is 11.6. The molecule has 2 fully saturated rings. The number of carbonyl (C=O) groups excluding carboxylic acids is 5. The first-order chi connectivity index (χ1) is 36.0. The molecule has 0 bridgehead atoms. The van der Waals surface area contributed by atoms with E-state index in [1.54, 1.807) is 43.9 Å². The maximum Gasteiger partial charge on any atom is 1.00 e. The number of hydrogen-bond acceptors (Lipinski definition) is 16. The SMILES string of the molecule is C.C.C.CC#N.Cc1cc(N)ccc1N1CCCCC1=O.Cc1cc([N+](=O)[O-])ccc1N.Cc1cc([N+](=O)[O-])ccc1N1CCCCC1=O.Cc1cc([N+](=O)[O-])ccc1NC(=O)CCCCBr.O=C(Cl)CCCCBr.O=CO[O-].[Cs+].[Cs+].[H-].[HH]. The largest absolute Gasteiger partial charge is 1.00 e. The van der Waals surface area contributed by atoms with Crippen LogP contribution in [-0.4, -0.2) is 68.0 Å². The predicted molar refractivity (Wildman–Crippen MR) is 323 cm³/mol. The Bertz CT molecular complexity index is 2610. The molecule has 0 spiro atoms. The number of rotatable bonds is 15. The normalized spacial score (nSPS) is 11.3. The molecule has 2 saturated heterocycles. The minimum atomic E-state index is -0.450. The Morgan fingerprint density at radius 2 is 1.09 bits per heavy atom. The monoisotopic (exact) mass is 1520 g/mol. The Morgan fingerprint density at radius 3 is 1.44 bits per heavy atom. The molecule has 0 radical (unpaired) electrons. The summed E-state index contributed by atoms with van der Waals surface area (Å²) in [6.07, 6.45) is 9.93. The molecule has 0 atom stereocenters. The second-order valence-electron chi connectivity index (χ2n) is 16.4. The first kappa shape index (κ1) is 89.2. The van der Waals surface area contributed by atoms with Gasteiger partial charge in [0, 0.05) is 123 Å². The Hall–Kier alpha value is -2.97. The molecular formula is C54H80Br2ClCs2N9O13. The molecule has 2 aliphatic heterocycles. The van der Waals surface area contributed by atoms with Gasteiger partial charge >= 0.3 is 138 Å². The van der Waals surface area contributed by atoms with Crippen molar-refractivity contribution in [3.63, 3.8) is 0 Å². The molecule has 27 heteroatoms. The van der Waals surface area contributed by atoms with E-state index in [0.29, 0.717) is 49.2 Å². The topological polar surface area (TPSA) is 341 Å². The van der Waals surface area contributed by atoms with E-state index in [1.807, 2.05) is 30.0 Å². The van der Waals surface area contributed by atoms with Gasteiger partial charge in [0.15, 0.2) is 0 Å². The van der Waals surface area contributed by atoms with Crippen LogP contribution in [0.4, 0.5) is 45.5 Å². The molecule has 81 heavy (non-hydrogen) atoms. The van der Waals surface area contributed by atoms with E-state index in [9.17, 15) is 49.5 Å². The van der Waals surface area contributed by atoms with Crippen LogP contribution in [0.2, 0.25) is 0 Å². The minimum Gasteiger partial charge on any atom is -1.00 e. The summed E-state index contributed by atoms with van der Waals surface area (Å²) < 4.78 is 0. The third kappa shape index (κ3) is 38.6. The Kier molecular flexibility index (Phi) is 57.9. The van der Waals surface area contributed by atoms with Gasteiger partial charge in [-0.2, -0.15) is 5.26 Å². The fraction of sp³-hybridized carbons (Fsp3) is 0.444. The molecular weight excluding hydrogens is 1440 g/mol. The van der Waals surface area contributed by atoms with Crippen molar-refractivity contribution in [2.45, 2.75) is 134 Å². The van der Waals surface area contributed by atoms with E-state index in [1.165, 1.54) is 49.4 Å². The molecule has 2 aliphatic rings. The summed E-state index contributed by atoms with van der Waals surface area (Å²) in [7, 11) is 0. The van der Waals surface area contributed by atoms with Crippen LogP contribution in [-0.2, 0) is 28.9 Å². The number of nitriles is 1. The molecule has 442 valence electrons. The summed E-state index contributed by atoms with van der Waals surface area (Å²) in [4.78, 5) is 90.1. The number of piperidine rings is 2. The zero-order chi connectivity index (χ0) is 57.8. The molecule has 4 aromatic carbocycles. The number of nitrogens with two attached hydrogens (primary N) is 2. The maximum atomic E-state index is 11.8. The van der Waals surface area contributed by atoms with Crippen molar-refractivity contribution in [3.8, 4) is 6.07 Å². The number of unbranched alkanes of at least 4 members (excludes halogenated alkanes) is 2. The van der Waals surface area contributed by atoms with Crippen LogP contribution in [0.3, 0.4) is 0 Å². The number of alkyl halides is 2. The molecule has 4 aromatic rings. The van der Waals surface area contributed by atoms with E-state index >= 15 is 0 Å². The summed E-state index contributed by atoms with van der Waals surface area (Å²) in [6.45, 7) is 10.1. The second-order valence-corrected chi connectivity index (χ2v) is 18.5. The number of amides is 3. The van der Waals surface area contributed by atoms with Crippen LogP contribution in [0.25, 0.3) is 0 Å². The molecule has 0 aromatic heterocycles. The average Bonchev–Trinajstić information content (AvgIpc) is 3.37. The standard InChI is InChI=1S/C12H15BrN2O3.C12H14N2O3.C12H16N2O.C7H8N2O2.C5H8BrClO.C2H3N.CH2O3.3CH4.2Cs.H2.H/c1-9-8-10(15(17)18)5-6-11(9)14-12(16)4-2-3-7-13;1-9-8-10(14(16)17)5-6-11(9)13-7-3-2-4-12(13)15;1-9-8-10(13)5-6-11(9)14-7-3-2-4-12(14)15;1-5-4-6(9(10)11)2-3-7(5)8;6-4-2-1-3-5(7)8;1-2-3;2-1-4-3;;;;;;;/h5-6,8H,2-4,7H2,1H3,(H,14,16);5-6,8H,2-4,7H2,1H3;5-6,8H,2-4,7,13H2,1H3;2-4H,8H2,1H3;1-4H2;1H3;1,3H;3*1H4;;;1H;/q;;;;;;;;;;2*+1;;-1/p-1. The first-order valence-electron chi connectivity index (χ1n) is 23.6. The molecule has 22 nitrogen and oxygen atoms in total. The van der Waals surface area contributed by atoms with Gasteiger partial charge in [0.2, 0.25) is 23.0 Å². The van der Waals surface area contributed by atoms with Crippen LogP contribution < -0.4 is 170 Å². The van der Waals surface area contributed by atoms with Crippen molar-refractivity contribution < 1.29 is 190 Å². The van der Waals surface area contributed by atoms with Crippen LogP contribution in [0.15, 0.2) is 72.8 Å². The van der Waals surface area contributed by atoms with Crippen LogP contribution >= 0.6 is 43.5 Å². The van der Waals surface area contributed by atoms with Gasteiger partial charge in [-0.3, -0.25) is 54.3 Å². The molecule has 0 unspecified atom stereocenters. The number of nitrogens with one attached hydrogen (secondary N) is 1. The van der Waals surface area contributed by atoms with E-state index < -0.39 is 14.8 Å². The Balaban J connectivity index is -0.000000137. The third-order valence-corrected chi connectivity index (χ3v) is 11.9. The Morgan fingerprint density at radius 1 is 0.704 bits per heavy atom. The van der Waals surface area contributed by atoms with Gasteiger partial charge in [-0.25, -0.2) is 0 Å². The van der Waals surface area contributed by atoms with Crippen LogP contribution in [0.1, 0.15) is 131 Å². The molecule has 5 N–H and O–H groups in total.